The van der Waals surface area contributed by atoms with Crippen molar-refractivity contribution in [3.63, 3.8) is 0 Å². The van der Waals surface area contributed by atoms with E-state index in [4.69, 9.17) is 0 Å². The van der Waals surface area contributed by atoms with E-state index in [1.54, 1.807) is 0 Å². The standard InChI is InChI=1S/C28H20O2/c29-27(19-11-3-1-4-12-19)23-17-9-7-15-21(23)26-25(27)22-16-8-10-18-24(22)28(26,30)20-13-5-2-6-14-20/h1-18,29-30H/t27-,28-/m0/s1. The first-order valence-corrected chi connectivity index (χ1v) is 10.2. The van der Waals surface area contributed by atoms with Crippen molar-refractivity contribution in [3.05, 3.63) is 143 Å². The predicted molar refractivity (Wildman–Crippen MR) is 119 cm³/mol. The van der Waals surface area contributed by atoms with Gasteiger partial charge in [-0.25, -0.2) is 0 Å². The fraction of sp³-hybridized carbons (Fsp3) is 0.0714. The van der Waals surface area contributed by atoms with E-state index in [2.05, 4.69) is 0 Å². The lowest BCUT2D eigenvalue weighted by atomic mass is 9.78. The lowest BCUT2D eigenvalue weighted by Crippen LogP contribution is -2.28. The molecule has 4 aromatic rings. The second-order valence-electron chi connectivity index (χ2n) is 7.99. The summed E-state index contributed by atoms with van der Waals surface area (Å²) in [6.07, 6.45) is 0. The van der Waals surface area contributed by atoms with Crippen molar-refractivity contribution in [1.82, 2.24) is 0 Å². The molecule has 0 saturated heterocycles. The van der Waals surface area contributed by atoms with Gasteiger partial charge in [-0.2, -0.15) is 0 Å². The van der Waals surface area contributed by atoms with Crippen LogP contribution in [-0.2, 0) is 11.2 Å². The Morgan fingerprint density at radius 1 is 0.400 bits per heavy atom. The van der Waals surface area contributed by atoms with Gasteiger partial charge < -0.3 is 10.2 Å². The van der Waals surface area contributed by atoms with Crippen LogP contribution in [0.5, 0.6) is 0 Å². The fourth-order valence-corrected chi connectivity index (χ4v) is 5.28. The molecule has 0 radical (unpaired) electrons. The smallest absolute Gasteiger partial charge is 0.142 e. The van der Waals surface area contributed by atoms with Crippen LogP contribution in [0.3, 0.4) is 0 Å². The zero-order valence-electron chi connectivity index (χ0n) is 16.3. The maximum atomic E-state index is 12.3. The molecule has 0 spiro atoms. The Morgan fingerprint density at radius 3 is 1.13 bits per heavy atom. The van der Waals surface area contributed by atoms with Gasteiger partial charge in [0.2, 0.25) is 0 Å². The Balaban J connectivity index is 1.77. The van der Waals surface area contributed by atoms with Gasteiger partial charge >= 0.3 is 0 Å². The summed E-state index contributed by atoms with van der Waals surface area (Å²) in [6.45, 7) is 0. The first-order valence-electron chi connectivity index (χ1n) is 10.2. The molecule has 0 heterocycles. The first-order chi connectivity index (χ1) is 14.7. The Hall–Kier alpha value is -3.46. The molecule has 2 heteroatoms. The summed E-state index contributed by atoms with van der Waals surface area (Å²) in [5.41, 5.74) is 3.89. The lowest BCUT2D eigenvalue weighted by Gasteiger charge is -2.31. The average Bonchev–Trinajstić information content (AvgIpc) is 3.26. The highest BCUT2D eigenvalue weighted by Crippen LogP contribution is 2.64. The average molecular weight is 388 g/mol. The maximum Gasteiger partial charge on any atom is 0.142 e. The number of hydrogen-bond donors (Lipinski definition) is 2. The van der Waals surface area contributed by atoms with E-state index in [0.717, 1.165) is 44.5 Å². The van der Waals surface area contributed by atoms with Crippen molar-refractivity contribution in [2.75, 3.05) is 0 Å². The summed E-state index contributed by atoms with van der Waals surface area (Å²) in [6, 6.07) is 35.3. The molecule has 0 saturated carbocycles. The third-order valence-electron chi connectivity index (χ3n) is 6.53. The molecule has 2 aliphatic carbocycles. The van der Waals surface area contributed by atoms with Crippen LogP contribution in [0.2, 0.25) is 0 Å². The molecular formula is C28H20O2. The molecule has 2 atom stereocenters. The number of hydrogen-bond acceptors (Lipinski definition) is 2. The van der Waals surface area contributed by atoms with Crippen molar-refractivity contribution in [2.24, 2.45) is 0 Å². The van der Waals surface area contributed by atoms with E-state index in [1.807, 2.05) is 109 Å². The molecule has 0 unspecified atom stereocenters. The van der Waals surface area contributed by atoms with Crippen molar-refractivity contribution in [2.45, 2.75) is 11.2 Å². The van der Waals surface area contributed by atoms with Crippen LogP contribution in [0.1, 0.15) is 33.4 Å². The summed E-state index contributed by atoms with van der Waals surface area (Å²) in [4.78, 5) is 0. The van der Waals surface area contributed by atoms with E-state index in [1.165, 1.54) is 0 Å². The molecule has 0 amide bonds. The normalized spacial score (nSPS) is 23.8. The minimum Gasteiger partial charge on any atom is -0.376 e. The summed E-state index contributed by atoms with van der Waals surface area (Å²) in [7, 11) is 0. The molecule has 144 valence electrons. The topological polar surface area (TPSA) is 40.5 Å². The van der Waals surface area contributed by atoms with Crippen molar-refractivity contribution in [1.29, 1.82) is 0 Å². The molecule has 2 N–H and O–H groups in total. The van der Waals surface area contributed by atoms with E-state index < -0.39 is 11.2 Å². The molecular weight excluding hydrogens is 368 g/mol. The van der Waals surface area contributed by atoms with Crippen LogP contribution >= 0.6 is 0 Å². The van der Waals surface area contributed by atoms with Crippen LogP contribution in [0.25, 0.3) is 11.1 Å². The zero-order chi connectivity index (χ0) is 20.3. The highest BCUT2D eigenvalue weighted by Gasteiger charge is 2.57. The van der Waals surface area contributed by atoms with Gasteiger partial charge in [-0.15, -0.1) is 0 Å². The third kappa shape index (κ3) is 2.00. The highest BCUT2D eigenvalue weighted by molar-refractivity contribution is 6.11. The monoisotopic (exact) mass is 388 g/mol. The highest BCUT2D eigenvalue weighted by atomic mass is 16.3. The van der Waals surface area contributed by atoms with E-state index >= 15 is 0 Å². The molecule has 0 aliphatic heterocycles. The van der Waals surface area contributed by atoms with Gasteiger partial charge in [-0.05, 0) is 22.3 Å². The van der Waals surface area contributed by atoms with E-state index in [-0.39, 0.29) is 0 Å². The molecule has 0 aromatic heterocycles. The Morgan fingerprint density at radius 2 is 0.733 bits per heavy atom. The van der Waals surface area contributed by atoms with Gasteiger partial charge in [0.05, 0.1) is 0 Å². The predicted octanol–water partition coefficient (Wildman–Crippen LogP) is 5.10. The van der Waals surface area contributed by atoms with Gasteiger partial charge in [0.1, 0.15) is 11.2 Å². The fourth-order valence-electron chi connectivity index (χ4n) is 5.28. The summed E-state index contributed by atoms with van der Waals surface area (Å²) >= 11 is 0. The molecule has 4 aromatic carbocycles. The third-order valence-corrected chi connectivity index (χ3v) is 6.53. The Labute approximate surface area is 175 Å². The SMILES string of the molecule is O[C@]1(c2ccccc2)C2=C(c3ccccc31)[C@](O)(c1ccccc1)c1ccccc12. The van der Waals surface area contributed by atoms with Crippen LogP contribution in [-0.4, -0.2) is 10.2 Å². The zero-order valence-corrected chi connectivity index (χ0v) is 16.3. The van der Waals surface area contributed by atoms with Crippen molar-refractivity contribution < 1.29 is 10.2 Å². The van der Waals surface area contributed by atoms with Gasteiger partial charge in [-0.3, -0.25) is 0 Å². The van der Waals surface area contributed by atoms with E-state index in [9.17, 15) is 10.2 Å². The second kappa shape index (κ2) is 6.02. The van der Waals surface area contributed by atoms with Crippen molar-refractivity contribution >= 4 is 11.1 Å². The Bertz CT molecular complexity index is 1200. The minimum absolute atomic E-state index is 0.775. The van der Waals surface area contributed by atoms with Gasteiger partial charge in [0.25, 0.3) is 0 Å². The Kier molecular flexibility index (Phi) is 3.49. The van der Waals surface area contributed by atoms with Crippen molar-refractivity contribution in [3.8, 4) is 0 Å². The van der Waals surface area contributed by atoms with Crippen LogP contribution in [0, 0.1) is 0 Å². The largest absolute Gasteiger partial charge is 0.376 e. The van der Waals surface area contributed by atoms with Crippen LogP contribution in [0.4, 0.5) is 0 Å². The van der Waals surface area contributed by atoms with Crippen LogP contribution in [0.15, 0.2) is 109 Å². The number of fused-ring (bicyclic) bond motifs is 4. The molecule has 2 nitrogen and oxygen atoms in total. The summed E-state index contributed by atoms with van der Waals surface area (Å²) in [5.74, 6) is 0. The van der Waals surface area contributed by atoms with Gasteiger partial charge in [0.15, 0.2) is 0 Å². The maximum absolute atomic E-state index is 12.3. The summed E-state index contributed by atoms with van der Waals surface area (Å²) < 4.78 is 0. The number of rotatable bonds is 2. The van der Waals surface area contributed by atoms with Gasteiger partial charge in [-0.1, -0.05) is 109 Å². The molecule has 6 rings (SSSR count). The number of aliphatic hydroxyl groups is 2. The first kappa shape index (κ1) is 17.4. The summed E-state index contributed by atoms with van der Waals surface area (Å²) in [5, 5.41) is 24.7. The lowest BCUT2D eigenvalue weighted by molar-refractivity contribution is 0.147. The quantitative estimate of drug-likeness (QED) is 0.502. The molecule has 30 heavy (non-hydrogen) atoms. The molecule has 0 fully saturated rings. The minimum atomic E-state index is -1.33. The molecule has 0 bridgehead atoms. The van der Waals surface area contributed by atoms with Gasteiger partial charge in [0, 0.05) is 22.3 Å². The van der Waals surface area contributed by atoms with Crippen LogP contribution < -0.4 is 0 Å². The second-order valence-corrected chi connectivity index (χ2v) is 7.99. The van der Waals surface area contributed by atoms with E-state index in [0.29, 0.717) is 0 Å². The molecule has 2 aliphatic rings. The number of benzene rings is 4.